The van der Waals surface area contributed by atoms with Crippen molar-refractivity contribution < 1.29 is 14.1 Å². The van der Waals surface area contributed by atoms with Gasteiger partial charge in [-0.15, -0.1) is 0 Å². The Morgan fingerprint density at radius 2 is 2.39 bits per heavy atom. The van der Waals surface area contributed by atoms with Crippen molar-refractivity contribution in [3.63, 3.8) is 0 Å². The summed E-state index contributed by atoms with van der Waals surface area (Å²) in [5.74, 6) is 0.935. The van der Waals surface area contributed by atoms with Gasteiger partial charge < -0.3 is 19.9 Å². The molecular formula is C12H19N3O3. The highest BCUT2D eigenvalue weighted by atomic mass is 16.5. The number of amides is 1. The Kier molecular flexibility index (Phi) is 4.72. The smallest absolute Gasteiger partial charge is 0.273 e. The number of piperidine rings is 1. The van der Waals surface area contributed by atoms with Gasteiger partial charge in [-0.05, 0) is 31.8 Å². The monoisotopic (exact) mass is 253 g/mol. The van der Waals surface area contributed by atoms with Gasteiger partial charge in [-0.25, -0.2) is 0 Å². The summed E-state index contributed by atoms with van der Waals surface area (Å²) in [7, 11) is 1.57. The van der Waals surface area contributed by atoms with Gasteiger partial charge in [0.05, 0.1) is 0 Å². The molecule has 1 saturated heterocycles. The summed E-state index contributed by atoms with van der Waals surface area (Å²) in [5.41, 5.74) is 0.316. The highest BCUT2D eigenvalue weighted by Gasteiger charge is 2.16. The van der Waals surface area contributed by atoms with Gasteiger partial charge >= 0.3 is 0 Å². The van der Waals surface area contributed by atoms with Gasteiger partial charge in [0.15, 0.2) is 11.5 Å². The third-order valence-corrected chi connectivity index (χ3v) is 3.09. The molecule has 0 bridgehead atoms. The number of carbonyl (C=O) groups excluding carboxylic acids is 1. The number of hydrogen-bond donors (Lipinski definition) is 2. The van der Waals surface area contributed by atoms with Crippen molar-refractivity contribution >= 4 is 5.91 Å². The lowest BCUT2D eigenvalue weighted by Gasteiger charge is -2.22. The van der Waals surface area contributed by atoms with Gasteiger partial charge in [-0.1, -0.05) is 5.16 Å². The first-order chi connectivity index (χ1) is 8.79. The summed E-state index contributed by atoms with van der Waals surface area (Å²) in [5, 5.41) is 9.91. The van der Waals surface area contributed by atoms with Crippen molar-refractivity contribution in [3.05, 3.63) is 17.5 Å². The van der Waals surface area contributed by atoms with Crippen LogP contribution in [0.3, 0.4) is 0 Å². The zero-order chi connectivity index (χ0) is 12.8. The standard InChI is InChI=1S/C12H19N3O3/c1-17-8-10-6-11(15-18-10)12(16)14-7-9-2-4-13-5-3-9/h6,9,13H,2-5,7-8H2,1H3,(H,14,16). The molecule has 1 aliphatic heterocycles. The molecule has 0 saturated carbocycles. The van der Waals surface area contributed by atoms with Crippen LogP contribution in [0.25, 0.3) is 0 Å². The van der Waals surface area contributed by atoms with E-state index in [0.717, 1.165) is 25.9 Å². The quantitative estimate of drug-likeness (QED) is 0.801. The van der Waals surface area contributed by atoms with Crippen molar-refractivity contribution in [1.82, 2.24) is 15.8 Å². The molecule has 2 heterocycles. The van der Waals surface area contributed by atoms with E-state index >= 15 is 0 Å². The summed E-state index contributed by atoms with van der Waals surface area (Å²) in [6.45, 7) is 3.09. The maximum absolute atomic E-state index is 11.8. The van der Waals surface area contributed by atoms with Crippen LogP contribution in [0.2, 0.25) is 0 Å². The summed E-state index contributed by atoms with van der Waals surface area (Å²) in [6.07, 6.45) is 2.21. The van der Waals surface area contributed by atoms with Gasteiger partial charge in [0.25, 0.3) is 5.91 Å². The fourth-order valence-corrected chi connectivity index (χ4v) is 2.04. The lowest BCUT2D eigenvalue weighted by atomic mass is 9.98. The van der Waals surface area contributed by atoms with Crippen LogP contribution in [-0.4, -0.2) is 37.8 Å². The van der Waals surface area contributed by atoms with Crippen LogP contribution in [0, 0.1) is 5.92 Å². The number of rotatable bonds is 5. The Hall–Kier alpha value is -1.40. The van der Waals surface area contributed by atoms with E-state index in [0.29, 0.717) is 30.5 Å². The second-order valence-electron chi connectivity index (χ2n) is 4.51. The highest BCUT2D eigenvalue weighted by molar-refractivity contribution is 5.92. The minimum atomic E-state index is -0.181. The van der Waals surface area contributed by atoms with Gasteiger partial charge in [0.1, 0.15) is 6.61 Å². The van der Waals surface area contributed by atoms with E-state index in [4.69, 9.17) is 9.26 Å². The number of hydrogen-bond acceptors (Lipinski definition) is 5. The molecule has 0 unspecified atom stereocenters. The Morgan fingerprint density at radius 3 is 3.11 bits per heavy atom. The first kappa shape index (κ1) is 13.0. The van der Waals surface area contributed by atoms with Crippen LogP contribution in [0.5, 0.6) is 0 Å². The average Bonchev–Trinajstić information content (AvgIpc) is 2.86. The molecule has 0 spiro atoms. The van der Waals surface area contributed by atoms with E-state index in [2.05, 4.69) is 15.8 Å². The zero-order valence-corrected chi connectivity index (χ0v) is 10.6. The highest BCUT2D eigenvalue weighted by Crippen LogP contribution is 2.10. The number of carbonyl (C=O) groups is 1. The van der Waals surface area contributed by atoms with Crippen molar-refractivity contribution in [2.24, 2.45) is 5.92 Å². The Balaban J connectivity index is 1.79. The van der Waals surface area contributed by atoms with Crippen molar-refractivity contribution in [2.45, 2.75) is 19.4 Å². The van der Waals surface area contributed by atoms with E-state index in [9.17, 15) is 4.79 Å². The molecule has 100 valence electrons. The maximum Gasteiger partial charge on any atom is 0.273 e. The molecule has 0 radical (unpaired) electrons. The fourth-order valence-electron chi connectivity index (χ4n) is 2.04. The van der Waals surface area contributed by atoms with Gasteiger partial charge in [-0.2, -0.15) is 0 Å². The second kappa shape index (κ2) is 6.51. The van der Waals surface area contributed by atoms with Crippen LogP contribution >= 0.6 is 0 Å². The molecule has 18 heavy (non-hydrogen) atoms. The molecule has 1 aromatic rings. The third kappa shape index (κ3) is 3.54. The molecule has 1 aromatic heterocycles. The van der Waals surface area contributed by atoms with Crippen LogP contribution in [0.15, 0.2) is 10.6 Å². The van der Waals surface area contributed by atoms with Gasteiger partial charge in [0.2, 0.25) is 0 Å². The predicted octanol–water partition coefficient (Wildman–Crippen LogP) is 0.550. The molecule has 1 fully saturated rings. The minimum Gasteiger partial charge on any atom is -0.377 e. The Morgan fingerprint density at radius 1 is 1.61 bits per heavy atom. The van der Waals surface area contributed by atoms with Crippen LogP contribution < -0.4 is 10.6 Å². The molecule has 1 aliphatic rings. The number of ether oxygens (including phenoxy) is 1. The van der Waals surface area contributed by atoms with Gasteiger partial charge in [0, 0.05) is 19.7 Å². The molecule has 1 amide bonds. The number of nitrogens with zero attached hydrogens (tertiary/aromatic N) is 1. The molecule has 6 nitrogen and oxygen atoms in total. The number of nitrogens with one attached hydrogen (secondary N) is 2. The normalized spacial score (nSPS) is 16.7. The fraction of sp³-hybridized carbons (Fsp3) is 0.667. The summed E-state index contributed by atoms with van der Waals surface area (Å²) in [6, 6.07) is 1.61. The molecule has 0 atom stereocenters. The Labute approximate surface area is 106 Å². The Bertz CT molecular complexity index is 386. The SMILES string of the molecule is COCc1cc(C(=O)NCC2CCNCC2)no1. The van der Waals surface area contributed by atoms with Crippen LogP contribution in [0.4, 0.5) is 0 Å². The molecule has 0 aromatic carbocycles. The molecule has 6 heteroatoms. The van der Waals surface area contributed by atoms with E-state index in [1.807, 2.05) is 0 Å². The van der Waals surface area contributed by atoms with Crippen LogP contribution in [0.1, 0.15) is 29.1 Å². The van der Waals surface area contributed by atoms with E-state index in [-0.39, 0.29) is 5.91 Å². The lowest BCUT2D eigenvalue weighted by molar-refractivity contribution is 0.0934. The van der Waals surface area contributed by atoms with Crippen molar-refractivity contribution in [2.75, 3.05) is 26.7 Å². The maximum atomic E-state index is 11.8. The largest absolute Gasteiger partial charge is 0.377 e. The molecular weight excluding hydrogens is 234 g/mol. The third-order valence-electron chi connectivity index (χ3n) is 3.09. The molecule has 2 rings (SSSR count). The van der Waals surface area contributed by atoms with Gasteiger partial charge in [-0.3, -0.25) is 4.79 Å². The van der Waals surface area contributed by atoms with E-state index < -0.39 is 0 Å². The predicted molar refractivity (Wildman–Crippen MR) is 65.1 cm³/mol. The minimum absolute atomic E-state index is 0.181. The van der Waals surface area contributed by atoms with Crippen molar-refractivity contribution in [1.29, 1.82) is 0 Å². The number of methoxy groups -OCH3 is 1. The lowest BCUT2D eigenvalue weighted by Crippen LogP contribution is -2.36. The summed E-state index contributed by atoms with van der Waals surface area (Å²) in [4.78, 5) is 11.8. The van der Waals surface area contributed by atoms with Crippen molar-refractivity contribution in [3.8, 4) is 0 Å². The van der Waals surface area contributed by atoms with E-state index in [1.54, 1.807) is 13.2 Å². The first-order valence-electron chi connectivity index (χ1n) is 6.23. The summed E-state index contributed by atoms with van der Waals surface area (Å²) < 4.78 is 9.88. The molecule has 2 N–H and O–H groups in total. The first-order valence-corrected chi connectivity index (χ1v) is 6.23. The topological polar surface area (TPSA) is 76.4 Å². The average molecular weight is 253 g/mol. The second-order valence-corrected chi connectivity index (χ2v) is 4.51. The van der Waals surface area contributed by atoms with E-state index in [1.165, 1.54) is 0 Å². The summed E-state index contributed by atoms with van der Waals surface area (Å²) >= 11 is 0. The molecule has 0 aliphatic carbocycles. The zero-order valence-electron chi connectivity index (χ0n) is 10.6. The number of aromatic nitrogens is 1. The van der Waals surface area contributed by atoms with Crippen LogP contribution in [-0.2, 0) is 11.3 Å².